The summed E-state index contributed by atoms with van der Waals surface area (Å²) in [5, 5.41) is 1.13. The number of benzene rings is 1. The minimum atomic E-state index is 0.256. The average molecular weight is 297 g/mol. The van der Waals surface area contributed by atoms with Crippen molar-refractivity contribution < 1.29 is 0 Å². The average Bonchev–Trinajstić information content (AvgIpc) is 2.40. The van der Waals surface area contributed by atoms with Crippen LogP contribution in [-0.2, 0) is 0 Å². The first-order chi connectivity index (χ1) is 9.01. The summed E-state index contributed by atoms with van der Waals surface area (Å²) < 4.78 is 0. The lowest BCUT2D eigenvalue weighted by molar-refractivity contribution is 0.817. The molecule has 0 atom stereocenters. The predicted octanol–water partition coefficient (Wildman–Crippen LogP) is 3.86. The summed E-state index contributed by atoms with van der Waals surface area (Å²) in [5.74, 6) is 6.74. The highest BCUT2D eigenvalue weighted by molar-refractivity contribution is 6.35. The van der Waals surface area contributed by atoms with E-state index in [1.807, 2.05) is 19.9 Å². The van der Waals surface area contributed by atoms with Gasteiger partial charge in [0.1, 0.15) is 5.82 Å². The molecule has 0 amide bonds. The Hall–Kier alpha value is -1.36. The second kappa shape index (κ2) is 5.74. The van der Waals surface area contributed by atoms with Crippen molar-refractivity contribution in [3.8, 4) is 11.4 Å². The molecule has 1 aromatic heterocycles. The Morgan fingerprint density at radius 2 is 1.89 bits per heavy atom. The number of nitrogens with zero attached hydrogens (tertiary/aromatic N) is 2. The van der Waals surface area contributed by atoms with Crippen molar-refractivity contribution in [2.24, 2.45) is 5.84 Å². The Bertz CT molecular complexity index is 599. The van der Waals surface area contributed by atoms with Gasteiger partial charge < -0.3 is 5.43 Å². The van der Waals surface area contributed by atoms with Crippen LogP contribution in [0.4, 0.5) is 5.82 Å². The normalized spacial score (nSPS) is 10.8. The third-order valence-electron chi connectivity index (χ3n) is 2.65. The molecule has 0 spiro atoms. The van der Waals surface area contributed by atoms with E-state index in [0.717, 1.165) is 5.69 Å². The number of hydrazine groups is 1. The van der Waals surface area contributed by atoms with E-state index in [1.54, 1.807) is 18.2 Å². The van der Waals surface area contributed by atoms with Crippen molar-refractivity contribution in [2.75, 3.05) is 5.43 Å². The van der Waals surface area contributed by atoms with Gasteiger partial charge in [0.2, 0.25) is 0 Å². The second-order valence-corrected chi connectivity index (χ2v) is 5.27. The van der Waals surface area contributed by atoms with Crippen LogP contribution in [0.15, 0.2) is 24.3 Å². The summed E-state index contributed by atoms with van der Waals surface area (Å²) in [6.07, 6.45) is 0. The first-order valence-electron chi connectivity index (χ1n) is 5.82. The first-order valence-corrected chi connectivity index (χ1v) is 6.58. The van der Waals surface area contributed by atoms with Crippen molar-refractivity contribution in [3.63, 3.8) is 0 Å². The van der Waals surface area contributed by atoms with Crippen LogP contribution in [0.2, 0.25) is 10.0 Å². The molecule has 0 aliphatic heterocycles. The van der Waals surface area contributed by atoms with Gasteiger partial charge >= 0.3 is 0 Å². The maximum atomic E-state index is 6.17. The molecule has 0 saturated carbocycles. The number of aromatic nitrogens is 2. The molecule has 1 aromatic carbocycles. The topological polar surface area (TPSA) is 63.8 Å². The fourth-order valence-corrected chi connectivity index (χ4v) is 2.00. The highest BCUT2D eigenvalue weighted by Gasteiger charge is 2.12. The number of hydrogen-bond donors (Lipinski definition) is 2. The molecular weight excluding hydrogens is 283 g/mol. The van der Waals surface area contributed by atoms with Crippen LogP contribution in [0.3, 0.4) is 0 Å². The standard InChI is InChI=1S/C13H14Cl2N4/c1-7(2)11-6-12(19-16)18-13(17-11)9-5-8(14)3-4-10(9)15/h3-7H,16H2,1-2H3,(H,17,18,19). The number of hydrogen-bond acceptors (Lipinski definition) is 4. The van der Waals surface area contributed by atoms with Crippen LogP contribution < -0.4 is 11.3 Å². The molecule has 0 aliphatic rings. The van der Waals surface area contributed by atoms with Gasteiger partial charge in [0.05, 0.1) is 5.02 Å². The maximum Gasteiger partial charge on any atom is 0.163 e. The third-order valence-corrected chi connectivity index (χ3v) is 3.22. The molecule has 0 aliphatic carbocycles. The fraction of sp³-hybridized carbons (Fsp3) is 0.231. The fourth-order valence-electron chi connectivity index (χ4n) is 1.63. The van der Waals surface area contributed by atoms with E-state index in [2.05, 4.69) is 15.4 Å². The predicted molar refractivity (Wildman–Crippen MR) is 79.4 cm³/mol. The lowest BCUT2D eigenvalue weighted by Crippen LogP contribution is -2.11. The number of anilines is 1. The summed E-state index contributed by atoms with van der Waals surface area (Å²) in [6.45, 7) is 4.10. The lowest BCUT2D eigenvalue weighted by atomic mass is 10.1. The Kier molecular flexibility index (Phi) is 4.24. The van der Waals surface area contributed by atoms with Crippen LogP contribution in [-0.4, -0.2) is 9.97 Å². The first kappa shape index (κ1) is 14.1. The Morgan fingerprint density at radius 3 is 2.53 bits per heavy atom. The van der Waals surface area contributed by atoms with Gasteiger partial charge in [0.25, 0.3) is 0 Å². The van der Waals surface area contributed by atoms with Crippen molar-refractivity contribution in [2.45, 2.75) is 19.8 Å². The van der Waals surface area contributed by atoms with Gasteiger partial charge in [-0.3, -0.25) is 0 Å². The molecule has 19 heavy (non-hydrogen) atoms. The van der Waals surface area contributed by atoms with E-state index < -0.39 is 0 Å². The van der Waals surface area contributed by atoms with E-state index in [9.17, 15) is 0 Å². The second-order valence-electron chi connectivity index (χ2n) is 4.42. The number of rotatable bonds is 3. The quantitative estimate of drug-likeness (QED) is 0.667. The molecule has 100 valence electrons. The van der Waals surface area contributed by atoms with Gasteiger partial charge in [-0.1, -0.05) is 37.0 Å². The van der Waals surface area contributed by atoms with Crippen molar-refractivity contribution in [1.82, 2.24) is 9.97 Å². The van der Waals surface area contributed by atoms with Gasteiger partial charge in [-0.15, -0.1) is 0 Å². The van der Waals surface area contributed by atoms with E-state index in [1.165, 1.54) is 0 Å². The van der Waals surface area contributed by atoms with Crippen LogP contribution in [0.5, 0.6) is 0 Å². The highest BCUT2D eigenvalue weighted by Crippen LogP contribution is 2.30. The molecule has 0 radical (unpaired) electrons. The minimum Gasteiger partial charge on any atom is -0.308 e. The molecule has 4 nitrogen and oxygen atoms in total. The smallest absolute Gasteiger partial charge is 0.163 e. The summed E-state index contributed by atoms with van der Waals surface area (Å²) in [5.41, 5.74) is 4.11. The molecule has 0 saturated heterocycles. The SMILES string of the molecule is CC(C)c1cc(NN)nc(-c2cc(Cl)ccc2Cl)n1. The van der Waals surface area contributed by atoms with E-state index >= 15 is 0 Å². The van der Waals surface area contributed by atoms with Gasteiger partial charge in [-0.05, 0) is 24.1 Å². The van der Waals surface area contributed by atoms with E-state index in [0.29, 0.717) is 27.3 Å². The van der Waals surface area contributed by atoms with Crippen LogP contribution in [0, 0.1) is 0 Å². The number of halogens is 2. The number of nitrogens with two attached hydrogens (primary N) is 1. The molecule has 2 aromatic rings. The Labute approximate surface area is 121 Å². The van der Waals surface area contributed by atoms with Crippen LogP contribution >= 0.6 is 23.2 Å². The zero-order valence-corrected chi connectivity index (χ0v) is 12.1. The van der Waals surface area contributed by atoms with Gasteiger partial charge in [-0.25, -0.2) is 15.8 Å². The summed E-state index contributed by atoms with van der Waals surface area (Å²) in [4.78, 5) is 8.82. The van der Waals surface area contributed by atoms with Crippen molar-refractivity contribution in [3.05, 3.63) is 40.0 Å². The largest absolute Gasteiger partial charge is 0.308 e. The van der Waals surface area contributed by atoms with Gasteiger partial charge in [-0.2, -0.15) is 0 Å². The van der Waals surface area contributed by atoms with Crippen molar-refractivity contribution >= 4 is 29.0 Å². The molecule has 3 N–H and O–H groups in total. The maximum absolute atomic E-state index is 6.17. The Balaban J connectivity index is 2.60. The summed E-state index contributed by atoms with van der Waals surface area (Å²) >= 11 is 12.2. The van der Waals surface area contributed by atoms with Crippen molar-refractivity contribution in [1.29, 1.82) is 0 Å². The lowest BCUT2D eigenvalue weighted by Gasteiger charge is -2.11. The zero-order chi connectivity index (χ0) is 14.0. The Morgan fingerprint density at radius 1 is 1.16 bits per heavy atom. The minimum absolute atomic E-state index is 0.256. The molecule has 2 rings (SSSR count). The zero-order valence-electron chi connectivity index (χ0n) is 10.6. The molecule has 6 heteroatoms. The van der Waals surface area contributed by atoms with E-state index in [4.69, 9.17) is 29.0 Å². The van der Waals surface area contributed by atoms with Crippen LogP contribution in [0.25, 0.3) is 11.4 Å². The molecule has 0 bridgehead atoms. The monoisotopic (exact) mass is 296 g/mol. The molecule has 1 heterocycles. The number of nitrogen functional groups attached to an aromatic ring is 1. The van der Waals surface area contributed by atoms with Crippen LogP contribution in [0.1, 0.15) is 25.5 Å². The van der Waals surface area contributed by atoms with Gasteiger partial charge in [0, 0.05) is 22.3 Å². The third kappa shape index (κ3) is 3.15. The summed E-state index contributed by atoms with van der Waals surface area (Å²) in [7, 11) is 0. The van der Waals surface area contributed by atoms with E-state index in [-0.39, 0.29) is 5.92 Å². The molecule has 0 unspecified atom stereocenters. The number of nitrogens with one attached hydrogen (secondary N) is 1. The molecule has 0 fully saturated rings. The summed E-state index contributed by atoms with van der Waals surface area (Å²) in [6, 6.07) is 7.00. The van der Waals surface area contributed by atoms with Gasteiger partial charge in [0.15, 0.2) is 5.82 Å². The highest BCUT2D eigenvalue weighted by atomic mass is 35.5. The molecular formula is C13H14Cl2N4.